The zero-order valence-electron chi connectivity index (χ0n) is 19.4. The Morgan fingerprint density at radius 1 is 0.853 bits per heavy atom. The molecule has 1 aliphatic rings. The van der Waals surface area contributed by atoms with Gasteiger partial charge in [-0.25, -0.2) is 8.78 Å². The fourth-order valence-electron chi connectivity index (χ4n) is 4.79. The highest BCUT2D eigenvalue weighted by Crippen LogP contribution is 2.38. The topological polar surface area (TPSA) is 9.23 Å². The Kier molecular flexibility index (Phi) is 7.56. The van der Waals surface area contributed by atoms with Crippen molar-refractivity contribution in [2.24, 2.45) is 5.92 Å². The van der Waals surface area contributed by atoms with Gasteiger partial charge < -0.3 is 4.74 Å². The first-order valence-electron chi connectivity index (χ1n) is 11.8. The van der Waals surface area contributed by atoms with E-state index in [0.29, 0.717) is 11.5 Å². The molecule has 0 aromatic heterocycles. The summed E-state index contributed by atoms with van der Waals surface area (Å²) >= 11 is 0. The first-order chi connectivity index (χ1) is 16.5. The van der Waals surface area contributed by atoms with Gasteiger partial charge in [-0.3, -0.25) is 0 Å². The molecular formula is C30H29F3O. The summed E-state index contributed by atoms with van der Waals surface area (Å²) in [5, 5.41) is 0. The zero-order chi connectivity index (χ0) is 24.1. The smallest absolute Gasteiger partial charge is 0.201 e. The van der Waals surface area contributed by atoms with Crippen LogP contribution >= 0.6 is 0 Å². The second-order valence-corrected chi connectivity index (χ2v) is 8.79. The monoisotopic (exact) mass is 462 g/mol. The molecule has 0 unspecified atom stereocenters. The van der Waals surface area contributed by atoms with E-state index in [9.17, 15) is 8.78 Å². The molecule has 0 spiro atoms. The van der Waals surface area contributed by atoms with Crippen LogP contribution in [0.5, 0.6) is 5.75 Å². The van der Waals surface area contributed by atoms with E-state index in [1.807, 2.05) is 19.1 Å². The molecule has 176 valence electrons. The van der Waals surface area contributed by atoms with Crippen LogP contribution in [0.25, 0.3) is 22.3 Å². The summed E-state index contributed by atoms with van der Waals surface area (Å²) in [5.74, 6) is -1.46. The maximum Gasteiger partial charge on any atom is 0.201 e. The molecule has 4 heteroatoms. The fraction of sp³-hybridized carbons (Fsp3) is 0.267. The van der Waals surface area contributed by atoms with E-state index >= 15 is 4.39 Å². The van der Waals surface area contributed by atoms with Gasteiger partial charge in [-0.1, -0.05) is 61.2 Å². The maximum atomic E-state index is 15.0. The molecule has 0 radical (unpaired) electrons. The van der Waals surface area contributed by atoms with Gasteiger partial charge in [0, 0.05) is 5.56 Å². The van der Waals surface area contributed by atoms with Crippen LogP contribution in [0.3, 0.4) is 0 Å². The number of ether oxygens (including phenoxy) is 1. The summed E-state index contributed by atoms with van der Waals surface area (Å²) in [5.41, 5.74) is 3.04. The third-order valence-electron chi connectivity index (χ3n) is 6.61. The van der Waals surface area contributed by atoms with Crippen LogP contribution in [0.4, 0.5) is 13.2 Å². The van der Waals surface area contributed by atoms with Crippen molar-refractivity contribution in [2.75, 3.05) is 6.61 Å². The van der Waals surface area contributed by atoms with Gasteiger partial charge in [0.2, 0.25) is 5.82 Å². The Morgan fingerprint density at radius 3 is 2.18 bits per heavy atom. The lowest BCUT2D eigenvalue weighted by molar-refractivity contribution is 0.333. The number of allylic oxidation sites excluding steroid dienone is 2. The lowest BCUT2D eigenvalue weighted by Gasteiger charge is -2.27. The molecule has 0 saturated heterocycles. The molecule has 0 N–H and O–H groups in total. The highest BCUT2D eigenvalue weighted by molar-refractivity contribution is 5.71. The molecule has 4 rings (SSSR count). The van der Waals surface area contributed by atoms with E-state index in [1.165, 1.54) is 18.2 Å². The van der Waals surface area contributed by atoms with E-state index in [2.05, 4.69) is 18.7 Å². The summed E-state index contributed by atoms with van der Waals surface area (Å²) in [6.45, 7) is 5.64. The third kappa shape index (κ3) is 5.11. The first-order valence-corrected chi connectivity index (χ1v) is 11.8. The number of hydrogen-bond donors (Lipinski definition) is 0. The number of hydrogen-bond acceptors (Lipinski definition) is 1. The predicted molar refractivity (Wildman–Crippen MR) is 132 cm³/mol. The number of rotatable bonds is 7. The summed E-state index contributed by atoms with van der Waals surface area (Å²) in [4.78, 5) is 0. The van der Waals surface area contributed by atoms with Crippen molar-refractivity contribution < 1.29 is 17.9 Å². The normalized spacial score (nSPS) is 18.2. The molecule has 0 aliphatic heterocycles. The Bertz CT molecular complexity index is 1170. The van der Waals surface area contributed by atoms with Gasteiger partial charge in [-0.15, -0.1) is 0 Å². The zero-order valence-corrected chi connectivity index (χ0v) is 19.4. The summed E-state index contributed by atoms with van der Waals surface area (Å²) in [7, 11) is 0. The molecule has 0 bridgehead atoms. The van der Waals surface area contributed by atoms with Crippen LogP contribution in [-0.4, -0.2) is 6.61 Å². The Morgan fingerprint density at radius 2 is 1.53 bits per heavy atom. The molecule has 3 aromatic carbocycles. The first kappa shape index (κ1) is 23.9. The Hall–Kier alpha value is -3.27. The van der Waals surface area contributed by atoms with E-state index in [1.54, 1.807) is 30.3 Å². The van der Waals surface area contributed by atoms with Crippen LogP contribution in [-0.2, 0) is 0 Å². The van der Waals surface area contributed by atoms with Crippen LogP contribution in [0, 0.1) is 23.4 Å². The SMILES string of the molecule is C=CCOc1ccc(-c2ccc(-c3ccc(C4CCC(C=CC)CC4)c(F)c3)cc2)c(F)c1F. The molecule has 0 heterocycles. The Balaban J connectivity index is 1.51. The van der Waals surface area contributed by atoms with Crippen LogP contribution in [0.2, 0.25) is 0 Å². The lowest BCUT2D eigenvalue weighted by Crippen LogP contribution is -2.12. The van der Waals surface area contributed by atoms with E-state index in [0.717, 1.165) is 42.4 Å². The number of halogens is 3. The van der Waals surface area contributed by atoms with Gasteiger partial charge in [-0.2, -0.15) is 4.39 Å². The summed E-state index contributed by atoms with van der Waals surface area (Å²) < 4.78 is 49.1. The average Bonchev–Trinajstić information content (AvgIpc) is 2.86. The van der Waals surface area contributed by atoms with Crippen molar-refractivity contribution in [3.8, 4) is 28.0 Å². The minimum atomic E-state index is -1.03. The Labute approximate surface area is 199 Å². The highest BCUT2D eigenvalue weighted by atomic mass is 19.2. The van der Waals surface area contributed by atoms with Crippen molar-refractivity contribution in [1.29, 1.82) is 0 Å². The van der Waals surface area contributed by atoms with E-state index in [-0.39, 0.29) is 29.7 Å². The summed E-state index contributed by atoms with van der Waals surface area (Å²) in [6.07, 6.45) is 10.0. The average molecular weight is 463 g/mol. The molecule has 0 amide bonds. The van der Waals surface area contributed by atoms with Crippen molar-refractivity contribution in [2.45, 2.75) is 38.5 Å². The predicted octanol–water partition coefficient (Wildman–Crippen LogP) is 8.85. The second kappa shape index (κ2) is 10.8. The molecule has 1 nitrogen and oxygen atoms in total. The quantitative estimate of drug-likeness (QED) is 0.319. The largest absolute Gasteiger partial charge is 0.486 e. The maximum absolute atomic E-state index is 15.0. The lowest BCUT2D eigenvalue weighted by atomic mass is 9.78. The van der Waals surface area contributed by atoms with Crippen LogP contribution in [0.1, 0.15) is 44.1 Å². The van der Waals surface area contributed by atoms with Crippen LogP contribution < -0.4 is 4.74 Å². The van der Waals surface area contributed by atoms with Crippen molar-refractivity contribution in [3.63, 3.8) is 0 Å². The number of benzene rings is 3. The minimum Gasteiger partial charge on any atom is -0.486 e. The van der Waals surface area contributed by atoms with Crippen LogP contribution in [0.15, 0.2) is 79.4 Å². The molecular weight excluding hydrogens is 433 g/mol. The van der Waals surface area contributed by atoms with Gasteiger partial charge in [0.05, 0.1) is 0 Å². The molecule has 1 saturated carbocycles. The minimum absolute atomic E-state index is 0.0945. The molecule has 0 atom stereocenters. The second-order valence-electron chi connectivity index (χ2n) is 8.79. The van der Waals surface area contributed by atoms with Gasteiger partial charge in [0.1, 0.15) is 12.4 Å². The van der Waals surface area contributed by atoms with Crippen molar-refractivity contribution in [1.82, 2.24) is 0 Å². The highest BCUT2D eigenvalue weighted by Gasteiger charge is 2.23. The molecule has 1 fully saturated rings. The van der Waals surface area contributed by atoms with Gasteiger partial charge >= 0.3 is 0 Å². The van der Waals surface area contributed by atoms with Crippen molar-refractivity contribution in [3.05, 3.63) is 102 Å². The summed E-state index contributed by atoms with van der Waals surface area (Å²) in [6, 6.07) is 15.3. The molecule has 34 heavy (non-hydrogen) atoms. The standard InChI is InChI=1S/C30H29F3O/c1-3-5-20-6-8-22(9-7-20)25-15-14-24(19-27(25)31)21-10-12-23(13-11-21)26-16-17-28(34-18-4-2)30(33)29(26)32/h3-5,10-17,19-20,22H,2,6-9,18H2,1H3. The molecule has 3 aromatic rings. The third-order valence-corrected chi connectivity index (χ3v) is 6.61. The van der Waals surface area contributed by atoms with E-state index in [4.69, 9.17) is 4.74 Å². The van der Waals surface area contributed by atoms with Gasteiger partial charge in [0.15, 0.2) is 11.6 Å². The van der Waals surface area contributed by atoms with Gasteiger partial charge in [-0.05, 0) is 84.9 Å². The van der Waals surface area contributed by atoms with Crippen molar-refractivity contribution >= 4 is 0 Å². The van der Waals surface area contributed by atoms with E-state index < -0.39 is 11.6 Å². The molecule has 1 aliphatic carbocycles. The van der Waals surface area contributed by atoms with Gasteiger partial charge in [0.25, 0.3) is 0 Å². The fourth-order valence-corrected chi connectivity index (χ4v) is 4.79.